The second-order valence-electron chi connectivity index (χ2n) is 8.29. The van der Waals surface area contributed by atoms with E-state index in [1.807, 2.05) is 31.0 Å². The van der Waals surface area contributed by atoms with E-state index in [-0.39, 0.29) is 23.2 Å². The zero-order valence-corrected chi connectivity index (χ0v) is 19.7. The summed E-state index contributed by atoms with van der Waals surface area (Å²) in [6.07, 6.45) is 0.868. The Hall–Kier alpha value is -3.11. The molecule has 5 nitrogen and oxygen atoms in total. The second-order valence-corrected chi connectivity index (χ2v) is 9.83. The van der Waals surface area contributed by atoms with Crippen LogP contribution in [-0.4, -0.2) is 38.5 Å². The Bertz CT molecular complexity index is 1370. The van der Waals surface area contributed by atoms with Gasteiger partial charge in [0.25, 0.3) is 0 Å². The fourth-order valence-electron chi connectivity index (χ4n) is 4.02. The molecule has 0 saturated heterocycles. The molecule has 0 aliphatic carbocycles. The predicted molar refractivity (Wildman–Crippen MR) is 124 cm³/mol. The molecule has 0 radical (unpaired) electrons. The van der Waals surface area contributed by atoms with Crippen molar-refractivity contribution < 1.29 is 34.9 Å². The van der Waals surface area contributed by atoms with E-state index in [9.17, 15) is 26.0 Å². The van der Waals surface area contributed by atoms with Crippen LogP contribution >= 0.6 is 0 Å². The average molecular weight is 510 g/mol. The Kier molecular flexibility index (Phi) is 6.79. The topological polar surface area (TPSA) is 55.8 Å². The van der Waals surface area contributed by atoms with Crippen molar-refractivity contribution in [2.24, 2.45) is 0 Å². The lowest BCUT2D eigenvalue weighted by atomic mass is 9.98. The van der Waals surface area contributed by atoms with Crippen LogP contribution in [0.1, 0.15) is 30.5 Å². The number of nitrogens with zero attached hydrogens (tertiary/aromatic N) is 1. The number of benzene rings is 3. The zero-order valence-electron chi connectivity index (χ0n) is 18.9. The van der Waals surface area contributed by atoms with E-state index >= 15 is 0 Å². The quantitative estimate of drug-likeness (QED) is 0.221. The molecule has 0 N–H and O–H groups in total. The summed E-state index contributed by atoms with van der Waals surface area (Å²) in [5.74, 6) is -0.498. The highest BCUT2D eigenvalue weighted by atomic mass is 32.2. The molecule has 3 aromatic carbocycles. The Balaban J connectivity index is 1.53. The number of fused-ring (bicyclic) bond motifs is 2. The highest BCUT2D eigenvalue weighted by Crippen LogP contribution is 2.37. The van der Waals surface area contributed by atoms with E-state index in [0.29, 0.717) is 18.4 Å². The maximum atomic E-state index is 14.2. The third-order valence-corrected chi connectivity index (χ3v) is 7.00. The Morgan fingerprint density at radius 1 is 1.03 bits per heavy atom. The lowest BCUT2D eigenvalue weighted by Crippen LogP contribution is -2.30. The minimum atomic E-state index is -5.83. The zero-order chi connectivity index (χ0) is 25.4. The van der Waals surface area contributed by atoms with Gasteiger partial charge in [0.05, 0.1) is 5.56 Å². The largest absolute Gasteiger partial charge is 0.534 e. The molecule has 0 unspecified atom stereocenters. The normalized spacial score (nSPS) is 17.0. The molecule has 0 amide bonds. The SMILES string of the molecule is C[C@H](c1ccc(F)c2ccccc12)N(C)CC[C@H]1C=C(OS(=O)(=O)C(F)(F)F)c2ccccc2O1. The van der Waals surface area contributed by atoms with Crippen LogP contribution < -0.4 is 4.74 Å². The van der Waals surface area contributed by atoms with Gasteiger partial charge in [0.1, 0.15) is 17.7 Å². The number of rotatable bonds is 7. The molecule has 1 aliphatic rings. The minimum Gasteiger partial charge on any atom is -0.485 e. The molecule has 0 saturated carbocycles. The van der Waals surface area contributed by atoms with Gasteiger partial charge >= 0.3 is 15.6 Å². The molecule has 10 heteroatoms. The second kappa shape index (κ2) is 9.50. The number of hydrogen-bond donors (Lipinski definition) is 0. The van der Waals surface area contributed by atoms with Crippen molar-refractivity contribution in [3.05, 3.63) is 83.7 Å². The first-order valence-corrected chi connectivity index (χ1v) is 12.2. The van der Waals surface area contributed by atoms with Crippen LogP contribution in [0.2, 0.25) is 0 Å². The molecule has 2 atom stereocenters. The van der Waals surface area contributed by atoms with Crippen LogP contribution in [0.5, 0.6) is 5.75 Å². The summed E-state index contributed by atoms with van der Waals surface area (Å²) in [6, 6.07) is 16.4. The first-order chi connectivity index (χ1) is 16.5. The fourth-order valence-corrected chi connectivity index (χ4v) is 4.50. The minimum absolute atomic E-state index is 0.110. The molecule has 0 bridgehead atoms. The van der Waals surface area contributed by atoms with Gasteiger partial charge in [-0.3, -0.25) is 4.90 Å². The van der Waals surface area contributed by atoms with Crippen LogP contribution in [0.25, 0.3) is 16.5 Å². The lowest BCUT2D eigenvalue weighted by Gasteiger charge is -2.29. The van der Waals surface area contributed by atoms with Gasteiger partial charge in [-0.1, -0.05) is 42.5 Å². The highest BCUT2D eigenvalue weighted by Gasteiger charge is 2.49. The molecular formula is C25H23F4NO4S. The van der Waals surface area contributed by atoms with Crippen molar-refractivity contribution in [1.29, 1.82) is 0 Å². The molecule has 0 fully saturated rings. The molecule has 186 valence electrons. The molecule has 0 spiro atoms. The van der Waals surface area contributed by atoms with Gasteiger partial charge in [-0.2, -0.15) is 21.6 Å². The number of halogens is 4. The van der Waals surface area contributed by atoms with Gasteiger partial charge in [0.15, 0.2) is 5.76 Å². The van der Waals surface area contributed by atoms with Crippen molar-refractivity contribution in [3.63, 3.8) is 0 Å². The van der Waals surface area contributed by atoms with Gasteiger partial charge in [-0.15, -0.1) is 0 Å². The number of alkyl halides is 3. The smallest absolute Gasteiger partial charge is 0.485 e. The first-order valence-electron chi connectivity index (χ1n) is 10.8. The molecular weight excluding hydrogens is 486 g/mol. The summed E-state index contributed by atoms with van der Waals surface area (Å²) in [7, 11) is -3.96. The molecule has 1 heterocycles. The molecule has 35 heavy (non-hydrogen) atoms. The van der Waals surface area contributed by atoms with Crippen LogP contribution in [0.4, 0.5) is 17.6 Å². The van der Waals surface area contributed by atoms with Crippen molar-refractivity contribution in [2.45, 2.75) is 31.0 Å². The molecule has 0 aromatic heterocycles. The van der Waals surface area contributed by atoms with Crippen molar-refractivity contribution in [1.82, 2.24) is 4.90 Å². The van der Waals surface area contributed by atoms with Crippen molar-refractivity contribution >= 4 is 26.6 Å². The molecule has 4 rings (SSSR count). The molecule has 1 aliphatic heterocycles. The number of para-hydroxylation sites is 1. The number of ether oxygens (including phenoxy) is 1. The Labute approximate surface area is 200 Å². The lowest BCUT2D eigenvalue weighted by molar-refractivity contribution is -0.0510. The fraction of sp³-hybridized carbons (Fsp3) is 0.280. The van der Waals surface area contributed by atoms with Gasteiger partial charge < -0.3 is 8.92 Å². The maximum Gasteiger partial charge on any atom is 0.534 e. The van der Waals surface area contributed by atoms with Crippen LogP contribution in [0.15, 0.2) is 66.7 Å². The van der Waals surface area contributed by atoms with Crippen molar-refractivity contribution in [2.75, 3.05) is 13.6 Å². The standard InChI is InChI=1S/C25H23F4NO4S/c1-16(18-11-12-22(26)20-8-4-3-7-19(18)20)30(2)14-13-17-15-24(34-35(31,32)25(27,28)29)21-9-5-6-10-23(21)33-17/h3-12,15-17H,13-14H2,1-2H3/t16-,17+/m1/s1. The van der Waals surface area contributed by atoms with E-state index in [2.05, 4.69) is 4.18 Å². The Morgan fingerprint density at radius 3 is 2.40 bits per heavy atom. The summed E-state index contributed by atoms with van der Waals surface area (Å²) in [5, 5.41) is 1.32. The van der Waals surface area contributed by atoms with Gasteiger partial charge in [0.2, 0.25) is 0 Å². The number of hydrogen-bond acceptors (Lipinski definition) is 5. The maximum absolute atomic E-state index is 14.2. The van der Waals surface area contributed by atoms with E-state index in [1.165, 1.54) is 24.3 Å². The average Bonchev–Trinajstić information content (AvgIpc) is 2.81. The highest BCUT2D eigenvalue weighted by molar-refractivity contribution is 7.87. The summed E-state index contributed by atoms with van der Waals surface area (Å²) in [4.78, 5) is 2.00. The molecule has 3 aromatic rings. The predicted octanol–water partition coefficient (Wildman–Crippen LogP) is 6.03. The van der Waals surface area contributed by atoms with Crippen molar-refractivity contribution in [3.8, 4) is 5.75 Å². The summed E-state index contributed by atoms with van der Waals surface area (Å²) in [5.41, 5.74) is -4.50. The van der Waals surface area contributed by atoms with Crippen LogP contribution in [0, 0.1) is 5.82 Å². The van der Waals surface area contributed by atoms with E-state index < -0.39 is 27.5 Å². The van der Waals surface area contributed by atoms with E-state index in [4.69, 9.17) is 4.74 Å². The summed E-state index contributed by atoms with van der Waals surface area (Å²) < 4.78 is 86.5. The van der Waals surface area contributed by atoms with Crippen LogP contribution in [0.3, 0.4) is 0 Å². The van der Waals surface area contributed by atoms with E-state index in [1.54, 1.807) is 30.3 Å². The van der Waals surface area contributed by atoms with E-state index in [0.717, 1.165) is 10.9 Å². The van der Waals surface area contributed by atoms with Gasteiger partial charge in [-0.25, -0.2) is 4.39 Å². The third kappa shape index (κ3) is 5.13. The third-order valence-electron chi connectivity index (χ3n) is 6.03. The Morgan fingerprint density at radius 2 is 1.69 bits per heavy atom. The van der Waals surface area contributed by atoms with Crippen LogP contribution in [-0.2, 0) is 14.3 Å². The van der Waals surface area contributed by atoms with Gasteiger partial charge in [-0.05, 0) is 43.1 Å². The van der Waals surface area contributed by atoms with Gasteiger partial charge in [0, 0.05) is 30.5 Å². The first kappa shape index (κ1) is 25.0. The summed E-state index contributed by atoms with van der Waals surface area (Å²) in [6.45, 7) is 2.42. The summed E-state index contributed by atoms with van der Waals surface area (Å²) >= 11 is 0. The monoisotopic (exact) mass is 509 g/mol.